The zero-order valence-corrected chi connectivity index (χ0v) is 7.87. The van der Waals surface area contributed by atoms with Crippen molar-refractivity contribution in [3.05, 3.63) is 0 Å². The summed E-state index contributed by atoms with van der Waals surface area (Å²) < 4.78 is 0. The van der Waals surface area contributed by atoms with Crippen LogP contribution in [0.4, 0.5) is 0 Å². The Balaban J connectivity index is 2.18. The maximum absolute atomic E-state index is 3.55. The first-order chi connectivity index (χ1) is 4.68. The minimum atomic E-state index is 0.649. The van der Waals surface area contributed by atoms with Gasteiger partial charge in [0.1, 0.15) is 0 Å². The Bertz CT molecular complexity index is 103. The van der Waals surface area contributed by atoms with Gasteiger partial charge in [0, 0.05) is 23.1 Å². The first-order valence-corrected chi connectivity index (χ1v) is 5.11. The van der Waals surface area contributed by atoms with Crippen molar-refractivity contribution in [1.29, 1.82) is 0 Å². The van der Waals surface area contributed by atoms with Crippen LogP contribution in [0.2, 0.25) is 0 Å². The molecule has 0 aromatic carbocycles. The summed E-state index contributed by atoms with van der Waals surface area (Å²) in [5.74, 6) is 1.30. The molecule has 2 unspecified atom stereocenters. The third-order valence-electron chi connectivity index (χ3n) is 1.77. The third-order valence-corrected chi connectivity index (χ3v) is 3.12. The molecule has 0 spiro atoms. The van der Waals surface area contributed by atoms with Crippen molar-refractivity contribution in [2.75, 3.05) is 5.75 Å². The van der Waals surface area contributed by atoms with Crippen LogP contribution >= 0.6 is 11.8 Å². The Morgan fingerprint density at radius 1 is 1.50 bits per heavy atom. The van der Waals surface area contributed by atoms with Crippen molar-refractivity contribution in [1.82, 2.24) is 5.32 Å². The Labute approximate surface area is 68.0 Å². The summed E-state index contributed by atoms with van der Waals surface area (Å²) in [5, 5.41) is 4.42. The van der Waals surface area contributed by atoms with E-state index in [1.54, 1.807) is 0 Å². The highest BCUT2D eigenvalue weighted by molar-refractivity contribution is 8.00. The van der Waals surface area contributed by atoms with E-state index in [-0.39, 0.29) is 0 Å². The largest absolute Gasteiger partial charge is 0.311 e. The average molecular weight is 159 g/mol. The van der Waals surface area contributed by atoms with Gasteiger partial charge in [0.15, 0.2) is 0 Å². The van der Waals surface area contributed by atoms with Crippen LogP contribution in [-0.4, -0.2) is 23.1 Å². The summed E-state index contributed by atoms with van der Waals surface area (Å²) in [6, 6.07) is 1.43. The van der Waals surface area contributed by atoms with Gasteiger partial charge in [0.05, 0.1) is 0 Å². The van der Waals surface area contributed by atoms with Crippen LogP contribution in [-0.2, 0) is 0 Å². The summed E-state index contributed by atoms with van der Waals surface area (Å²) >= 11 is 2.08. The number of hydrogen-bond acceptors (Lipinski definition) is 2. The first kappa shape index (κ1) is 8.41. The molecule has 1 nitrogen and oxygen atoms in total. The maximum atomic E-state index is 3.55. The number of thioether (sulfide) groups is 1. The molecule has 0 saturated carbocycles. The van der Waals surface area contributed by atoms with Gasteiger partial charge < -0.3 is 5.32 Å². The zero-order valence-electron chi connectivity index (χ0n) is 7.05. The minimum absolute atomic E-state index is 0.649. The summed E-state index contributed by atoms with van der Waals surface area (Å²) in [6.45, 7) is 6.74. The van der Waals surface area contributed by atoms with Crippen molar-refractivity contribution in [3.8, 4) is 0 Å². The van der Waals surface area contributed by atoms with Gasteiger partial charge in [-0.3, -0.25) is 0 Å². The van der Waals surface area contributed by atoms with Gasteiger partial charge in [-0.05, 0) is 6.42 Å². The SMILES string of the molecule is CC(C)NC1CSC(C)C1. The standard InChI is InChI=1S/C8H17NS/c1-6(2)9-8-4-7(3)10-5-8/h6-9H,4-5H2,1-3H3. The highest BCUT2D eigenvalue weighted by Crippen LogP contribution is 2.25. The van der Waals surface area contributed by atoms with Crippen LogP contribution in [0.15, 0.2) is 0 Å². The lowest BCUT2D eigenvalue weighted by molar-refractivity contribution is 0.484. The number of nitrogens with one attached hydrogen (secondary N) is 1. The van der Waals surface area contributed by atoms with E-state index < -0.39 is 0 Å². The number of rotatable bonds is 2. The Kier molecular flexibility index (Phi) is 3.05. The van der Waals surface area contributed by atoms with Gasteiger partial charge in [0.2, 0.25) is 0 Å². The molecule has 1 fully saturated rings. The monoisotopic (exact) mass is 159 g/mol. The van der Waals surface area contributed by atoms with Gasteiger partial charge in [-0.25, -0.2) is 0 Å². The fourth-order valence-electron chi connectivity index (χ4n) is 1.40. The van der Waals surface area contributed by atoms with Crippen LogP contribution in [0, 0.1) is 0 Å². The summed E-state index contributed by atoms with van der Waals surface area (Å²) in [7, 11) is 0. The topological polar surface area (TPSA) is 12.0 Å². The first-order valence-electron chi connectivity index (χ1n) is 4.06. The van der Waals surface area contributed by atoms with Crippen LogP contribution in [0.1, 0.15) is 27.2 Å². The van der Waals surface area contributed by atoms with Crippen molar-refractivity contribution >= 4 is 11.8 Å². The van der Waals surface area contributed by atoms with Gasteiger partial charge >= 0.3 is 0 Å². The average Bonchev–Trinajstić information content (AvgIpc) is 2.13. The molecule has 0 amide bonds. The summed E-state index contributed by atoms with van der Waals surface area (Å²) in [5.41, 5.74) is 0. The van der Waals surface area contributed by atoms with Crippen LogP contribution in [0.25, 0.3) is 0 Å². The molecule has 1 rings (SSSR count). The second-order valence-electron chi connectivity index (χ2n) is 3.40. The molecule has 60 valence electrons. The molecule has 0 radical (unpaired) electrons. The van der Waals surface area contributed by atoms with E-state index in [0.717, 1.165) is 11.3 Å². The molecule has 1 saturated heterocycles. The molecular formula is C8H17NS. The molecule has 2 heteroatoms. The second kappa shape index (κ2) is 3.63. The lowest BCUT2D eigenvalue weighted by Crippen LogP contribution is -2.34. The molecular weight excluding hydrogens is 142 g/mol. The van der Waals surface area contributed by atoms with Gasteiger partial charge in [-0.1, -0.05) is 20.8 Å². The van der Waals surface area contributed by atoms with E-state index in [2.05, 4.69) is 37.8 Å². The van der Waals surface area contributed by atoms with Crippen molar-refractivity contribution in [3.63, 3.8) is 0 Å². The molecule has 0 bridgehead atoms. The molecule has 0 aromatic heterocycles. The van der Waals surface area contributed by atoms with Crippen LogP contribution in [0.5, 0.6) is 0 Å². The van der Waals surface area contributed by atoms with E-state index in [1.165, 1.54) is 12.2 Å². The van der Waals surface area contributed by atoms with Gasteiger partial charge in [-0.2, -0.15) is 11.8 Å². The smallest absolute Gasteiger partial charge is 0.0171 e. The fourth-order valence-corrected chi connectivity index (χ4v) is 2.57. The Hall–Kier alpha value is 0.310. The number of hydrogen-bond donors (Lipinski definition) is 1. The molecule has 1 heterocycles. The fraction of sp³-hybridized carbons (Fsp3) is 1.00. The van der Waals surface area contributed by atoms with Crippen molar-refractivity contribution in [2.45, 2.75) is 44.5 Å². The predicted molar refractivity (Wildman–Crippen MR) is 48.6 cm³/mol. The van der Waals surface area contributed by atoms with E-state index in [4.69, 9.17) is 0 Å². The molecule has 1 aliphatic heterocycles. The van der Waals surface area contributed by atoms with E-state index in [9.17, 15) is 0 Å². The van der Waals surface area contributed by atoms with Crippen molar-refractivity contribution in [2.24, 2.45) is 0 Å². The molecule has 0 aromatic rings. The van der Waals surface area contributed by atoms with Crippen LogP contribution in [0.3, 0.4) is 0 Å². The minimum Gasteiger partial charge on any atom is -0.311 e. The van der Waals surface area contributed by atoms with E-state index >= 15 is 0 Å². The molecule has 2 atom stereocenters. The maximum Gasteiger partial charge on any atom is 0.0171 e. The molecule has 10 heavy (non-hydrogen) atoms. The Morgan fingerprint density at radius 3 is 2.60 bits per heavy atom. The van der Waals surface area contributed by atoms with Crippen molar-refractivity contribution < 1.29 is 0 Å². The highest BCUT2D eigenvalue weighted by Gasteiger charge is 2.21. The molecule has 1 aliphatic rings. The molecule has 1 N–H and O–H groups in total. The lowest BCUT2D eigenvalue weighted by atomic mass is 10.2. The Morgan fingerprint density at radius 2 is 2.20 bits per heavy atom. The van der Waals surface area contributed by atoms with E-state index in [0.29, 0.717) is 6.04 Å². The van der Waals surface area contributed by atoms with Gasteiger partial charge in [-0.15, -0.1) is 0 Å². The normalized spacial score (nSPS) is 33.6. The van der Waals surface area contributed by atoms with Gasteiger partial charge in [0.25, 0.3) is 0 Å². The predicted octanol–water partition coefficient (Wildman–Crippen LogP) is 1.88. The quantitative estimate of drug-likeness (QED) is 0.660. The zero-order chi connectivity index (χ0) is 7.56. The molecule has 0 aliphatic carbocycles. The van der Waals surface area contributed by atoms with Crippen LogP contribution < -0.4 is 5.32 Å². The second-order valence-corrected chi connectivity index (χ2v) is 4.87. The lowest BCUT2D eigenvalue weighted by Gasteiger charge is -2.14. The summed E-state index contributed by atoms with van der Waals surface area (Å²) in [4.78, 5) is 0. The summed E-state index contributed by atoms with van der Waals surface area (Å²) in [6.07, 6.45) is 1.35. The third kappa shape index (κ3) is 2.51. The highest BCUT2D eigenvalue weighted by atomic mass is 32.2. The van der Waals surface area contributed by atoms with E-state index in [1.807, 2.05) is 0 Å².